The zero-order valence-electron chi connectivity index (χ0n) is 28.1. The first kappa shape index (κ1) is 37.4. The van der Waals surface area contributed by atoms with Crippen LogP contribution in [0.25, 0.3) is 11.3 Å². The van der Waals surface area contributed by atoms with E-state index < -0.39 is 29.5 Å². The predicted octanol–water partition coefficient (Wildman–Crippen LogP) is 5.99. The molecule has 0 bridgehead atoms. The van der Waals surface area contributed by atoms with E-state index in [1.807, 2.05) is 4.90 Å². The van der Waals surface area contributed by atoms with E-state index in [0.29, 0.717) is 48.0 Å². The van der Waals surface area contributed by atoms with Crippen molar-refractivity contribution in [3.63, 3.8) is 0 Å². The lowest BCUT2D eigenvalue weighted by Crippen LogP contribution is -2.59. The number of nitrogens with one attached hydrogen (secondary N) is 2. The zero-order chi connectivity index (χ0) is 36.3. The SMILES string of the molecule is O=C(N[C@H](Cc1cc(Br)c(O)c(Br)c1)C(=O)N1CCN(N2CCCCCC2)CC1)N1CCC(n2cc(-c3cccc(C(F)(F)F)c3)[nH]c2=O)CC1. The number of carbonyl (C=O) groups excluding carboxylic acids is 2. The molecule has 3 saturated heterocycles. The van der Waals surface area contributed by atoms with Crippen molar-refractivity contribution in [3.8, 4) is 17.0 Å². The van der Waals surface area contributed by atoms with Gasteiger partial charge in [-0.3, -0.25) is 9.36 Å². The van der Waals surface area contributed by atoms with Gasteiger partial charge in [-0.1, -0.05) is 25.0 Å². The number of phenolic OH excluding ortho intramolecular Hbond substituents is 1. The second-order valence-corrected chi connectivity index (χ2v) is 15.1. The number of imidazole rings is 1. The molecule has 11 nitrogen and oxygen atoms in total. The van der Waals surface area contributed by atoms with Crippen molar-refractivity contribution < 1.29 is 27.9 Å². The van der Waals surface area contributed by atoms with Crippen LogP contribution in [0.2, 0.25) is 0 Å². The van der Waals surface area contributed by atoms with Crippen LogP contribution in [0.1, 0.15) is 55.7 Å². The van der Waals surface area contributed by atoms with Crippen molar-refractivity contribution in [2.45, 2.75) is 63.2 Å². The molecule has 276 valence electrons. The van der Waals surface area contributed by atoms with Gasteiger partial charge in [0.2, 0.25) is 5.91 Å². The number of aromatic amines is 1. The van der Waals surface area contributed by atoms with E-state index in [0.717, 1.165) is 43.9 Å². The molecule has 51 heavy (non-hydrogen) atoms. The van der Waals surface area contributed by atoms with Gasteiger partial charge in [-0.2, -0.15) is 13.2 Å². The van der Waals surface area contributed by atoms with E-state index in [9.17, 15) is 32.7 Å². The predicted molar refractivity (Wildman–Crippen MR) is 193 cm³/mol. The third-order valence-corrected chi connectivity index (χ3v) is 11.3. The normalized spacial score (nSPS) is 19.2. The summed E-state index contributed by atoms with van der Waals surface area (Å²) in [5.41, 5.74) is 0.0516. The number of amides is 3. The van der Waals surface area contributed by atoms with Gasteiger partial charge in [-0.25, -0.2) is 19.6 Å². The standard InChI is InChI=1S/C35H42Br2F3N7O4/c36-27-18-23(19-28(37)31(27)48)20-29(32(49)43-14-16-46(17-15-43)45-10-3-1-2-4-11-45)41-33(50)44-12-8-26(9-13-44)47-22-30(42-34(47)51)24-6-5-7-25(21-24)35(38,39)40/h5-7,18-19,21-22,26,29,48H,1-4,8-17,20H2,(H,41,50)(H,42,51)/t29-/m1/s1. The van der Waals surface area contributed by atoms with Gasteiger partial charge in [0.05, 0.1) is 20.2 Å². The average molecular weight is 842 g/mol. The topological polar surface area (TPSA) is 117 Å². The number of aromatic hydroxyl groups is 1. The minimum atomic E-state index is -4.50. The Kier molecular flexibility index (Phi) is 11.8. The second-order valence-electron chi connectivity index (χ2n) is 13.4. The quantitative estimate of drug-likeness (QED) is 0.270. The van der Waals surface area contributed by atoms with Gasteiger partial charge in [-0.15, -0.1) is 0 Å². The first-order valence-electron chi connectivity index (χ1n) is 17.4. The summed E-state index contributed by atoms with van der Waals surface area (Å²) in [4.78, 5) is 46.7. The molecule has 6 rings (SSSR count). The minimum Gasteiger partial charge on any atom is -0.506 e. The molecule has 3 aliphatic rings. The fourth-order valence-electron chi connectivity index (χ4n) is 7.21. The molecule has 4 heterocycles. The highest BCUT2D eigenvalue weighted by molar-refractivity contribution is 9.11. The number of piperazine rings is 1. The Bertz CT molecular complexity index is 1740. The summed E-state index contributed by atoms with van der Waals surface area (Å²) in [5.74, 6) is -0.128. The van der Waals surface area contributed by atoms with E-state index in [1.165, 1.54) is 48.6 Å². The molecule has 2 aromatic carbocycles. The van der Waals surface area contributed by atoms with Gasteiger partial charge in [0, 0.05) is 76.6 Å². The maximum Gasteiger partial charge on any atom is 0.416 e. The second kappa shape index (κ2) is 16.1. The van der Waals surface area contributed by atoms with E-state index in [2.05, 4.69) is 52.2 Å². The number of urea groups is 1. The molecule has 0 unspecified atom stereocenters. The van der Waals surface area contributed by atoms with Crippen molar-refractivity contribution in [2.75, 3.05) is 52.4 Å². The fraction of sp³-hybridized carbons (Fsp3) is 0.514. The van der Waals surface area contributed by atoms with Crippen LogP contribution >= 0.6 is 31.9 Å². The Morgan fingerprint density at radius 1 is 0.882 bits per heavy atom. The van der Waals surface area contributed by atoms with Crippen LogP contribution in [-0.4, -0.2) is 105 Å². The molecule has 1 atom stereocenters. The van der Waals surface area contributed by atoms with Gasteiger partial charge in [0.1, 0.15) is 11.8 Å². The number of piperidine rings is 1. The number of carbonyl (C=O) groups is 2. The summed E-state index contributed by atoms with van der Waals surface area (Å²) in [6, 6.07) is 6.77. The summed E-state index contributed by atoms with van der Waals surface area (Å²) in [6.45, 7) is 5.24. The van der Waals surface area contributed by atoms with Crippen LogP contribution in [0, 0.1) is 0 Å². The monoisotopic (exact) mass is 839 g/mol. The number of alkyl halides is 3. The lowest BCUT2D eigenvalue weighted by Gasteiger charge is -2.42. The smallest absolute Gasteiger partial charge is 0.416 e. The third kappa shape index (κ3) is 9.00. The molecule has 0 spiro atoms. The number of rotatable bonds is 7. The summed E-state index contributed by atoms with van der Waals surface area (Å²) in [7, 11) is 0. The molecule has 3 amide bonds. The van der Waals surface area contributed by atoms with Gasteiger partial charge in [0.25, 0.3) is 0 Å². The van der Waals surface area contributed by atoms with Crippen LogP contribution in [0.15, 0.2) is 56.3 Å². The average Bonchev–Trinajstić information content (AvgIpc) is 3.30. The van der Waals surface area contributed by atoms with Gasteiger partial charge in [-0.05, 0) is 87.4 Å². The molecule has 3 fully saturated rings. The Hall–Kier alpha value is -3.34. The fourth-order valence-corrected chi connectivity index (χ4v) is 8.49. The van der Waals surface area contributed by atoms with Crippen LogP contribution in [0.5, 0.6) is 5.75 Å². The maximum absolute atomic E-state index is 14.0. The van der Waals surface area contributed by atoms with Crippen LogP contribution in [-0.2, 0) is 17.4 Å². The molecule has 3 aliphatic heterocycles. The molecule has 0 saturated carbocycles. The molecular weight excluding hydrogens is 799 g/mol. The minimum absolute atomic E-state index is 0.0432. The van der Waals surface area contributed by atoms with Crippen LogP contribution < -0.4 is 11.0 Å². The Balaban J connectivity index is 1.11. The number of nitrogens with zero attached hydrogens (tertiary/aromatic N) is 5. The molecule has 16 heteroatoms. The van der Waals surface area contributed by atoms with Crippen molar-refractivity contribution in [1.82, 2.24) is 34.7 Å². The lowest BCUT2D eigenvalue weighted by atomic mass is 10.0. The summed E-state index contributed by atoms with van der Waals surface area (Å²) >= 11 is 6.73. The number of likely N-dealkylation sites (tertiary alicyclic amines) is 1. The highest BCUT2D eigenvalue weighted by atomic mass is 79.9. The third-order valence-electron chi connectivity index (χ3n) is 10.1. The first-order valence-corrected chi connectivity index (χ1v) is 19.0. The Labute approximate surface area is 311 Å². The number of aromatic nitrogens is 2. The van der Waals surface area contributed by atoms with E-state index in [-0.39, 0.29) is 35.4 Å². The highest BCUT2D eigenvalue weighted by Crippen LogP contribution is 2.34. The van der Waals surface area contributed by atoms with Crippen molar-refractivity contribution in [2.24, 2.45) is 0 Å². The Morgan fingerprint density at radius 3 is 2.14 bits per heavy atom. The van der Waals surface area contributed by atoms with E-state index in [4.69, 9.17) is 0 Å². The zero-order valence-corrected chi connectivity index (χ0v) is 31.3. The first-order chi connectivity index (χ1) is 24.4. The summed E-state index contributed by atoms with van der Waals surface area (Å²) in [5, 5.41) is 18.0. The lowest BCUT2D eigenvalue weighted by molar-refractivity contribution is -0.139. The molecule has 3 N–H and O–H groups in total. The summed E-state index contributed by atoms with van der Waals surface area (Å²) < 4.78 is 42.2. The van der Waals surface area contributed by atoms with Crippen molar-refractivity contribution >= 4 is 43.8 Å². The number of hydrogen-bond acceptors (Lipinski definition) is 6. The number of hydrazine groups is 1. The van der Waals surface area contributed by atoms with Crippen molar-refractivity contribution in [1.29, 1.82) is 0 Å². The van der Waals surface area contributed by atoms with E-state index in [1.54, 1.807) is 17.0 Å². The van der Waals surface area contributed by atoms with E-state index >= 15 is 0 Å². The molecular formula is C35H42Br2F3N7O4. The number of phenols is 1. The van der Waals surface area contributed by atoms with Crippen LogP contribution in [0.3, 0.4) is 0 Å². The largest absolute Gasteiger partial charge is 0.506 e. The highest BCUT2D eigenvalue weighted by Gasteiger charge is 2.34. The number of hydrogen-bond donors (Lipinski definition) is 3. The van der Waals surface area contributed by atoms with Gasteiger partial charge in [0.15, 0.2) is 0 Å². The number of halogens is 5. The van der Waals surface area contributed by atoms with Gasteiger partial charge >= 0.3 is 17.9 Å². The molecule has 3 aromatic rings. The molecule has 0 aliphatic carbocycles. The van der Waals surface area contributed by atoms with Gasteiger partial charge < -0.3 is 25.2 Å². The Morgan fingerprint density at radius 2 is 1.51 bits per heavy atom. The summed E-state index contributed by atoms with van der Waals surface area (Å²) in [6.07, 6.45) is 2.96. The number of benzene rings is 2. The molecule has 0 radical (unpaired) electrons. The number of H-pyrrole nitrogens is 1. The molecule has 1 aromatic heterocycles. The van der Waals surface area contributed by atoms with Crippen molar-refractivity contribution in [3.05, 3.63) is 73.2 Å². The van der Waals surface area contributed by atoms with Crippen LogP contribution in [0.4, 0.5) is 18.0 Å². The maximum atomic E-state index is 14.0.